The summed E-state index contributed by atoms with van der Waals surface area (Å²) in [5.41, 5.74) is 2.62. The maximum absolute atomic E-state index is 12.6. The van der Waals surface area contributed by atoms with Gasteiger partial charge in [-0.3, -0.25) is 9.48 Å². The Hall–Kier alpha value is -3.49. The summed E-state index contributed by atoms with van der Waals surface area (Å²) < 4.78 is 18.2. The Bertz CT molecular complexity index is 1250. The number of nitrogens with zero attached hydrogens (tertiary/aromatic N) is 2. The highest BCUT2D eigenvalue weighted by Gasteiger charge is 2.15. The van der Waals surface area contributed by atoms with Crippen LogP contribution < -0.4 is 19.5 Å². The van der Waals surface area contributed by atoms with Crippen LogP contribution in [0.2, 0.25) is 5.02 Å². The molecule has 9 heteroatoms. The van der Waals surface area contributed by atoms with Crippen molar-refractivity contribution in [1.82, 2.24) is 9.78 Å². The summed E-state index contributed by atoms with van der Waals surface area (Å²) in [5, 5.41) is 9.79. The van der Waals surface area contributed by atoms with Crippen molar-refractivity contribution in [2.45, 2.75) is 13.2 Å². The van der Waals surface area contributed by atoms with Gasteiger partial charge >= 0.3 is 0 Å². The standard InChI is InChI=1S/C23H18ClN3O4S/c24-17-3-1-15(2-4-17)10-27-11-18(9-25-27)26-23(28)22-7-16(13-32-22)12-29-19-5-6-20-21(8-19)31-14-30-20/h1-9,11,13H,10,12,14H2,(H,26,28). The molecule has 162 valence electrons. The Morgan fingerprint density at radius 3 is 2.84 bits per heavy atom. The van der Waals surface area contributed by atoms with E-state index in [1.165, 1.54) is 11.3 Å². The number of hydrogen-bond acceptors (Lipinski definition) is 6. The molecular weight excluding hydrogens is 450 g/mol. The van der Waals surface area contributed by atoms with Gasteiger partial charge in [0.05, 0.1) is 23.3 Å². The Morgan fingerprint density at radius 1 is 1.12 bits per heavy atom. The van der Waals surface area contributed by atoms with E-state index in [0.29, 0.717) is 46.0 Å². The van der Waals surface area contributed by atoms with Gasteiger partial charge < -0.3 is 19.5 Å². The molecule has 0 spiro atoms. The van der Waals surface area contributed by atoms with E-state index in [2.05, 4.69) is 10.4 Å². The number of aromatic nitrogens is 2. The van der Waals surface area contributed by atoms with Crippen molar-refractivity contribution in [2.24, 2.45) is 0 Å². The van der Waals surface area contributed by atoms with Crippen molar-refractivity contribution >= 4 is 34.5 Å². The third-order valence-electron chi connectivity index (χ3n) is 4.78. The van der Waals surface area contributed by atoms with Gasteiger partial charge in [-0.15, -0.1) is 11.3 Å². The number of carbonyl (C=O) groups excluding carboxylic acids is 1. The highest BCUT2D eigenvalue weighted by Crippen LogP contribution is 2.35. The number of fused-ring (bicyclic) bond motifs is 1. The zero-order valence-corrected chi connectivity index (χ0v) is 18.4. The number of thiophene rings is 1. The lowest BCUT2D eigenvalue weighted by Crippen LogP contribution is -2.09. The van der Waals surface area contributed by atoms with Crippen LogP contribution in [0.5, 0.6) is 17.2 Å². The molecule has 1 aliphatic heterocycles. The lowest BCUT2D eigenvalue weighted by molar-refractivity contribution is 0.103. The largest absolute Gasteiger partial charge is 0.489 e. The number of anilines is 1. The third-order valence-corrected chi connectivity index (χ3v) is 6.01. The molecule has 0 radical (unpaired) electrons. The summed E-state index contributed by atoms with van der Waals surface area (Å²) in [6, 6.07) is 14.8. The fourth-order valence-corrected chi connectivity index (χ4v) is 4.11. The molecule has 0 bridgehead atoms. The summed E-state index contributed by atoms with van der Waals surface area (Å²) >= 11 is 7.29. The molecule has 2 aromatic carbocycles. The Balaban J connectivity index is 1.16. The predicted molar refractivity (Wildman–Crippen MR) is 122 cm³/mol. The van der Waals surface area contributed by atoms with Gasteiger partial charge in [-0.2, -0.15) is 5.10 Å². The van der Waals surface area contributed by atoms with E-state index < -0.39 is 0 Å². The number of hydrogen-bond donors (Lipinski definition) is 1. The SMILES string of the molecule is O=C(Nc1cnn(Cc2ccc(Cl)cc2)c1)c1cc(COc2ccc3c(c2)OCO3)cs1. The zero-order chi connectivity index (χ0) is 21.9. The minimum absolute atomic E-state index is 0.185. The van der Waals surface area contributed by atoms with Crippen LogP contribution in [0.1, 0.15) is 20.8 Å². The van der Waals surface area contributed by atoms with E-state index in [-0.39, 0.29) is 12.7 Å². The van der Waals surface area contributed by atoms with Crippen molar-refractivity contribution in [3.8, 4) is 17.2 Å². The first-order chi connectivity index (χ1) is 15.6. The summed E-state index contributed by atoms with van der Waals surface area (Å²) in [7, 11) is 0. The van der Waals surface area contributed by atoms with Crippen molar-refractivity contribution in [3.05, 3.63) is 87.3 Å². The van der Waals surface area contributed by atoms with Gasteiger partial charge in [0.2, 0.25) is 6.79 Å². The van der Waals surface area contributed by atoms with Gasteiger partial charge in [-0.1, -0.05) is 23.7 Å². The summed E-state index contributed by atoms with van der Waals surface area (Å²) in [6.45, 7) is 1.16. The fourth-order valence-electron chi connectivity index (χ4n) is 3.19. The summed E-state index contributed by atoms with van der Waals surface area (Å²) in [4.78, 5) is 13.2. The lowest BCUT2D eigenvalue weighted by Gasteiger charge is -2.05. The van der Waals surface area contributed by atoms with Gasteiger partial charge in [0.15, 0.2) is 11.5 Å². The van der Waals surface area contributed by atoms with Gasteiger partial charge in [-0.25, -0.2) is 0 Å². The second-order valence-electron chi connectivity index (χ2n) is 7.13. The molecule has 0 unspecified atom stereocenters. The van der Waals surface area contributed by atoms with Crippen LogP contribution in [-0.2, 0) is 13.2 Å². The third kappa shape index (κ3) is 4.71. The normalized spacial score (nSPS) is 12.0. The van der Waals surface area contributed by atoms with Crippen LogP contribution in [0.15, 0.2) is 66.3 Å². The molecule has 0 saturated heterocycles. The minimum Gasteiger partial charge on any atom is -0.489 e. The Morgan fingerprint density at radius 2 is 1.97 bits per heavy atom. The van der Waals surface area contributed by atoms with Gasteiger partial charge in [0.25, 0.3) is 5.91 Å². The van der Waals surface area contributed by atoms with Crippen LogP contribution in [-0.4, -0.2) is 22.5 Å². The zero-order valence-electron chi connectivity index (χ0n) is 16.8. The van der Waals surface area contributed by atoms with E-state index in [1.54, 1.807) is 23.1 Å². The van der Waals surface area contributed by atoms with Crippen molar-refractivity contribution in [1.29, 1.82) is 0 Å². The van der Waals surface area contributed by atoms with Gasteiger partial charge in [-0.05, 0) is 41.3 Å². The summed E-state index contributed by atoms with van der Waals surface area (Å²) in [6.07, 6.45) is 3.43. The number of ether oxygens (including phenoxy) is 3. The number of nitrogens with one attached hydrogen (secondary N) is 1. The predicted octanol–water partition coefficient (Wildman–Crippen LogP) is 5.21. The van der Waals surface area contributed by atoms with Crippen LogP contribution in [0, 0.1) is 0 Å². The van der Waals surface area contributed by atoms with Crippen LogP contribution >= 0.6 is 22.9 Å². The molecule has 32 heavy (non-hydrogen) atoms. The number of halogens is 1. The highest BCUT2D eigenvalue weighted by atomic mass is 35.5. The first kappa shape index (κ1) is 20.4. The average Bonchev–Trinajstić information content (AvgIpc) is 3.54. The molecule has 2 aromatic heterocycles. The van der Waals surface area contributed by atoms with E-state index in [4.69, 9.17) is 25.8 Å². The number of carbonyl (C=O) groups is 1. The van der Waals surface area contributed by atoms with Gasteiger partial charge in [0.1, 0.15) is 12.4 Å². The minimum atomic E-state index is -0.185. The molecule has 1 N–H and O–H groups in total. The second-order valence-corrected chi connectivity index (χ2v) is 8.48. The topological polar surface area (TPSA) is 74.6 Å². The average molecular weight is 468 g/mol. The molecule has 7 nitrogen and oxygen atoms in total. The lowest BCUT2D eigenvalue weighted by atomic mass is 10.2. The first-order valence-corrected chi connectivity index (χ1v) is 11.1. The number of amides is 1. The quantitative estimate of drug-likeness (QED) is 0.404. The van der Waals surface area contributed by atoms with E-state index in [0.717, 1.165) is 11.1 Å². The molecule has 1 amide bonds. The molecule has 0 saturated carbocycles. The fraction of sp³-hybridized carbons (Fsp3) is 0.130. The molecule has 0 aliphatic carbocycles. The van der Waals surface area contributed by atoms with Crippen LogP contribution in [0.25, 0.3) is 0 Å². The van der Waals surface area contributed by atoms with Crippen LogP contribution in [0.3, 0.4) is 0 Å². The molecule has 0 fully saturated rings. The molecule has 0 atom stereocenters. The molecular formula is C23H18ClN3O4S. The number of rotatable bonds is 7. The first-order valence-electron chi connectivity index (χ1n) is 9.80. The highest BCUT2D eigenvalue weighted by molar-refractivity contribution is 7.12. The van der Waals surface area contributed by atoms with Crippen molar-refractivity contribution in [2.75, 3.05) is 12.1 Å². The van der Waals surface area contributed by atoms with Crippen molar-refractivity contribution < 1.29 is 19.0 Å². The summed E-state index contributed by atoms with van der Waals surface area (Å²) in [5.74, 6) is 1.88. The van der Waals surface area contributed by atoms with E-state index in [1.807, 2.05) is 47.8 Å². The smallest absolute Gasteiger partial charge is 0.265 e. The molecule has 1 aliphatic rings. The van der Waals surface area contributed by atoms with Gasteiger partial charge in [0, 0.05) is 22.8 Å². The van der Waals surface area contributed by atoms with Crippen LogP contribution in [0.4, 0.5) is 5.69 Å². The Kier molecular flexibility index (Phi) is 5.70. The molecule has 3 heterocycles. The Labute approximate surface area is 193 Å². The van der Waals surface area contributed by atoms with Crippen molar-refractivity contribution in [3.63, 3.8) is 0 Å². The maximum Gasteiger partial charge on any atom is 0.265 e. The molecule has 4 aromatic rings. The monoisotopic (exact) mass is 467 g/mol. The van der Waals surface area contributed by atoms with E-state index >= 15 is 0 Å². The maximum atomic E-state index is 12.6. The second kappa shape index (κ2) is 8.94. The van der Waals surface area contributed by atoms with E-state index in [9.17, 15) is 4.79 Å². The molecule has 5 rings (SSSR count). The number of benzene rings is 2.